The van der Waals surface area contributed by atoms with Crippen LogP contribution in [0, 0.1) is 5.92 Å². The predicted molar refractivity (Wildman–Crippen MR) is 83.9 cm³/mol. The van der Waals surface area contributed by atoms with Gasteiger partial charge in [0.2, 0.25) is 6.41 Å². The Kier molecular flexibility index (Phi) is 5.20. The average molecular weight is 324 g/mol. The maximum atomic E-state index is 14.6. The quantitative estimate of drug-likeness (QED) is 0.779. The van der Waals surface area contributed by atoms with Crippen molar-refractivity contribution in [3.05, 3.63) is 23.8 Å². The Balaban J connectivity index is 2.23. The van der Waals surface area contributed by atoms with Crippen molar-refractivity contribution in [2.45, 2.75) is 19.0 Å². The van der Waals surface area contributed by atoms with Gasteiger partial charge in [-0.3, -0.25) is 4.79 Å². The highest BCUT2D eigenvalue weighted by Gasteiger charge is 2.37. The highest BCUT2D eigenvalue weighted by atomic mass is 19.1. The van der Waals surface area contributed by atoms with Crippen LogP contribution < -0.4 is 15.0 Å². The van der Waals surface area contributed by atoms with Gasteiger partial charge in [0.25, 0.3) is 0 Å². The van der Waals surface area contributed by atoms with Crippen LogP contribution >= 0.6 is 0 Å². The first-order chi connectivity index (χ1) is 10.9. The first kappa shape index (κ1) is 17.2. The van der Waals surface area contributed by atoms with Crippen LogP contribution in [-0.4, -0.2) is 49.9 Å². The Morgan fingerprint density at radius 1 is 1.61 bits per heavy atom. The summed E-state index contributed by atoms with van der Waals surface area (Å²) in [5.74, 6) is -1.29. The molecule has 0 aliphatic carbocycles. The minimum atomic E-state index is -1.35. The maximum Gasteiger partial charge on any atom is 0.339 e. The third-order valence-electron chi connectivity index (χ3n) is 4.32. The molecule has 2 rings (SSSR count). The number of carbonyl (C=O) groups excluding carboxylic acids is 1. The van der Waals surface area contributed by atoms with E-state index in [-0.39, 0.29) is 23.8 Å². The summed E-state index contributed by atoms with van der Waals surface area (Å²) in [6.45, 7) is 2.86. The number of anilines is 1. The Morgan fingerprint density at radius 2 is 2.35 bits per heavy atom. The van der Waals surface area contributed by atoms with Crippen LogP contribution in [0.4, 0.5) is 10.1 Å². The van der Waals surface area contributed by atoms with Crippen LogP contribution in [0.25, 0.3) is 0 Å². The van der Waals surface area contributed by atoms with E-state index < -0.39 is 11.6 Å². The van der Waals surface area contributed by atoms with Crippen molar-refractivity contribution >= 4 is 18.1 Å². The summed E-state index contributed by atoms with van der Waals surface area (Å²) in [5.41, 5.74) is -0.864. The second kappa shape index (κ2) is 6.95. The summed E-state index contributed by atoms with van der Waals surface area (Å²) in [7, 11) is 1.36. The van der Waals surface area contributed by atoms with Crippen LogP contribution in [-0.2, 0) is 4.79 Å². The molecule has 6 nitrogen and oxygen atoms in total. The molecule has 1 amide bonds. The number of nitrogens with one attached hydrogen (secondary N) is 1. The lowest BCUT2D eigenvalue weighted by Crippen LogP contribution is -2.50. The zero-order valence-electron chi connectivity index (χ0n) is 13.2. The molecular formula is C16H21FN2O4. The van der Waals surface area contributed by atoms with E-state index in [2.05, 4.69) is 5.32 Å². The van der Waals surface area contributed by atoms with E-state index in [1.165, 1.54) is 30.2 Å². The summed E-state index contributed by atoms with van der Waals surface area (Å²) in [6.07, 6.45) is 1.02. The van der Waals surface area contributed by atoms with Gasteiger partial charge in [0, 0.05) is 30.8 Å². The number of carboxylic acid groups (broad SMARTS) is 1. The van der Waals surface area contributed by atoms with Crippen molar-refractivity contribution in [1.29, 1.82) is 0 Å². The van der Waals surface area contributed by atoms with Crippen LogP contribution in [0.2, 0.25) is 0 Å². The highest BCUT2D eigenvalue weighted by Crippen LogP contribution is 2.31. The van der Waals surface area contributed by atoms with Gasteiger partial charge in [0.05, 0.1) is 7.11 Å². The third kappa shape index (κ3) is 3.79. The number of carbonyl (C=O) groups is 2. The predicted octanol–water partition coefficient (Wildman–Crippen LogP) is 1.69. The second-order valence-electron chi connectivity index (χ2n) is 5.88. The van der Waals surface area contributed by atoms with Crippen LogP contribution in [0.5, 0.6) is 5.75 Å². The molecule has 23 heavy (non-hydrogen) atoms. The molecule has 1 aromatic carbocycles. The van der Waals surface area contributed by atoms with Gasteiger partial charge < -0.3 is 20.1 Å². The lowest BCUT2D eigenvalue weighted by molar-refractivity contribution is -0.107. The topological polar surface area (TPSA) is 78.9 Å². The van der Waals surface area contributed by atoms with E-state index in [1.807, 2.05) is 0 Å². The van der Waals surface area contributed by atoms with Gasteiger partial charge in [0.15, 0.2) is 0 Å². The number of nitrogens with zero attached hydrogens (tertiary/aromatic N) is 1. The van der Waals surface area contributed by atoms with Crippen molar-refractivity contribution in [1.82, 2.24) is 5.32 Å². The zero-order valence-corrected chi connectivity index (χ0v) is 13.2. The number of halogens is 1. The number of carboxylic acids is 1. The fourth-order valence-electron chi connectivity index (χ4n) is 2.76. The summed E-state index contributed by atoms with van der Waals surface area (Å²) in [6, 6.07) is 4.37. The van der Waals surface area contributed by atoms with Gasteiger partial charge in [-0.25, -0.2) is 9.18 Å². The van der Waals surface area contributed by atoms with Crippen molar-refractivity contribution in [3.63, 3.8) is 0 Å². The molecule has 2 unspecified atom stereocenters. The van der Waals surface area contributed by atoms with Gasteiger partial charge in [-0.2, -0.15) is 0 Å². The number of piperidine rings is 1. The summed E-state index contributed by atoms with van der Waals surface area (Å²) < 4.78 is 19.6. The molecule has 1 aliphatic rings. The van der Waals surface area contributed by atoms with Gasteiger partial charge in [-0.1, -0.05) is 0 Å². The van der Waals surface area contributed by atoms with Gasteiger partial charge in [-0.15, -0.1) is 0 Å². The van der Waals surface area contributed by atoms with E-state index in [0.717, 1.165) is 0 Å². The first-order valence-corrected chi connectivity index (χ1v) is 7.42. The summed E-state index contributed by atoms with van der Waals surface area (Å²) in [5, 5.41) is 12.2. The fourth-order valence-corrected chi connectivity index (χ4v) is 2.76. The first-order valence-electron chi connectivity index (χ1n) is 7.42. The Bertz CT molecular complexity index is 591. The normalized spacial score (nSPS) is 24.0. The van der Waals surface area contributed by atoms with Gasteiger partial charge >= 0.3 is 5.97 Å². The number of aromatic carboxylic acids is 1. The Morgan fingerprint density at radius 3 is 2.91 bits per heavy atom. The molecule has 0 radical (unpaired) electrons. The molecule has 126 valence electrons. The molecule has 0 aromatic heterocycles. The molecule has 1 saturated heterocycles. The highest BCUT2D eigenvalue weighted by molar-refractivity contribution is 5.92. The van der Waals surface area contributed by atoms with Gasteiger partial charge in [-0.05, 0) is 32.0 Å². The molecule has 0 saturated carbocycles. The largest absolute Gasteiger partial charge is 0.496 e. The fraction of sp³-hybridized carbons (Fsp3) is 0.500. The zero-order chi connectivity index (χ0) is 17.0. The third-order valence-corrected chi connectivity index (χ3v) is 4.32. The van der Waals surface area contributed by atoms with E-state index in [9.17, 15) is 14.0 Å². The van der Waals surface area contributed by atoms with Gasteiger partial charge in [0.1, 0.15) is 17.0 Å². The number of benzene rings is 1. The molecule has 2 atom stereocenters. The number of hydrogen-bond acceptors (Lipinski definition) is 4. The second-order valence-corrected chi connectivity index (χ2v) is 5.88. The lowest BCUT2D eigenvalue weighted by Gasteiger charge is -2.37. The molecule has 1 heterocycles. The Hall–Kier alpha value is -2.15. The number of amides is 1. The van der Waals surface area contributed by atoms with Crippen LogP contribution in [0.15, 0.2) is 18.2 Å². The molecule has 1 aromatic rings. The SMILES string of the molecule is COc1cc(N(C=O)CC2CNCCC2(C)F)ccc1C(=O)O. The van der Waals surface area contributed by atoms with E-state index >= 15 is 0 Å². The smallest absolute Gasteiger partial charge is 0.339 e. The monoisotopic (exact) mass is 324 g/mol. The van der Waals surface area contributed by atoms with Crippen LogP contribution in [0.1, 0.15) is 23.7 Å². The molecule has 0 spiro atoms. The van der Waals surface area contributed by atoms with Crippen molar-refractivity contribution in [2.24, 2.45) is 5.92 Å². The molecule has 1 fully saturated rings. The van der Waals surface area contributed by atoms with Crippen molar-refractivity contribution < 1.29 is 23.8 Å². The maximum absolute atomic E-state index is 14.6. The van der Waals surface area contributed by atoms with Crippen LogP contribution in [0.3, 0.4) is 0 Å². The minimum absolute atomic E-state index is 0.0109. The number of alkyl halides is 1. The number of hydrogen-bond donors (Lipinski definition) is 2. The molecule has 7 heteroatoms. The van der Waals surface area contributed by atoms with Crippen molar-refractivity contribution in [2.75, 3.05) is 31.6 Å². The summed E-state index contributed by atoms with van der Waals surface area (Å²) >= 11 is 0. The lowest BCUT2D eigenvalue weighted by atomic mass is 9.84. The molecule has 2 N–H and O–H groups in total. The number of rotatable bonds is 6. The standard InChI is InChI=1S/C16H21FN2O4/c1-16(17)5-6-18-8-11(16)9-19(10-20)12-3-4-13(15(21)22)14(7-12)23-2/h3-4,7,10-11,18H,5-6,8-9H2,1-2H3,(H,21,22). The molecular weight excluding hydrogens is 303 g/mol. The minimum Gasteiger partial charge on any atom is -0.496 e. The van der Waals surface area contributed by atoms with E-state index in [1.54, 1.807) is 6.92 Å². The van der Waals surface area contributed by atoms with E-state index in [4.69, 9.17) is 9.84 Å². The number of ether oxygens (including phenoxy) is 1. The molecule has 1 aliphatic heterocycles. The number of methoxy groups -OCH3 is 1. The van der Waals surface area contributed by atoms with Crippen molar-refractivity contribution in [3.8, 4) is 5.75 Å². The molecule has 0 bridgehead atoms. The average Bonchev–Trinajstić information content (AvgIpc) is 2.52. The summed E-state index contributed by atoms with van der Waals surface area (Å²) in [4.78, 5) is 23.9. The Labute approximate surface area is 134 Å². The van der Waals surface area contributed by atoms with E-state index in [0.29, 0.717) is 31.6 Å².